The fourth-order valence-corrected chi connectivity index (χ4v) is 3.34. The number of hydrogen-bond acceptors (Lipinski definition) is 5. The van der Waals surface area contributed by atoms with Gasteiger partial charge in [-0.25, -0.2) is 8.42 Å². The van der Waals surface area contributed by atoms with E-state index in [0.29, 0.717) is 39.0 Å². The average Bonchev–Trinajstić information content (AvgIpc) is 2.75. The molecule has 21 heavy (non-hydrogen) atoms. The predicted molar refractivity (Wildman–Crippen MR) is 77.3 cm³/mol. The van der Waals surface area contributed by atoms with Crippen molar-refractivity contribution in [3.05, 3.63) is 17.0 Å². The molecule has 1 fully saturated rings. The maximum atomic E-state index is 12.2. The van der Waals surface area contributed by atoms with Crippen molar-refractivity contribution in [2.75, 3.05) is 32.4 Å². The Bertz CT molecular complexity index is 596. The summed E-state index contributed by atoms with van der Waals surface area (Å²) in [6.07, 6.45) is 2.19. The summed E-state index contributed by atoms with van der Waals surface area (Å²) in [6, 6.07) is 0. The minimum Gasteiger partial charge on any atom is -0.361 e. The second-order valence-corrected chi connectivity index (χ2v) is 7.33. The number of sulfonamides is 1. The quantitative estimate of drug-likeness (QED) is 0.799. The van der Waals surface area contributed by atoms with Crippen molar-refractivity contribution >= 4 is 15.9 Å². The molecule has 1 amide bonds. The highest BCUT2D eigenvalue weighted by atomic mass is 32.2. The van der Waals surface area contributed by atoms with Gasteiger partial charge in [0.05, 0.1) is 11.9 Å². The first-order valence-corrected chi connectivity index (χ1v) is 8.78. The van der Waals surface area contributed by atoms with E-state index in [1.54, 1.807) is 4.90 Å². The SMILES string of the molecule is Cc1noc(C)c1CCC(=O)N1CCN(S(C)(=O)=O)CC1. The van der Waals surface area contributed by atoms with Gasteiger partial charge in [0.2, 0.25) is 15.9 Å². The lowest BCUT2D eigenvalue weighted by Crippen LogP contribution is -2.50. The van der Waals surface area contributed by atoms with Crippen molar-refractivity contribution < 1.29 is 17.7 Å². The van der Waals surface area contributed by atoms with Crippen LogP contribution in [0.4, 0.5) is 0 Å². The summed E-state index contributed by atoms with van der Waals surface area (Å²) in [5.41, 5.74) is 1.81. The van der Waals surface area contributed by atoms with Crippen LogP contribution in [0, 0.1) is 13.8 Å². The molecule has 8 heteroatoms. The molecule has 7 nitrogen and oxygen atoms in total. The topological polar surface area (TPSA) is 83.7 Å². The maximum Gasteiger partial charge on any atom is 0.222 e. The van der Waals surface area contributed by atoms with Crippen molar-refractivity contribution in [2.24, 2.45) is 0 Å². The Hall–Kier alpha value is -1.41. The van der Waals surface area contributed by atoms with Crippen LogP contribution >= 0.6 is 0 Å². The minimum atomic E-state index is -3.16. The van der Waals surface area contributed by atoms with Gasteiger partial charge in [0, 0.05) is 38.2 Å². The summed E-state index contributed by atoms with van der Waals surface area (Å²) in [5.74, 6) is 0.797. The van der Waals surface area contributed by atoms with E-state index in [2.05, 4.69) is 5.16 Å². The Morgan fingerprint density at radius 2 is 1.86 bits per heavy atom. The third kappa shape index (κ3) is 3.82. The molecular weight excluding hydrogens is 294 g/mol. The molecule has 0 saturated carbocycles. The Morgan fingerprint density at radius 1 is 1.24 bits per heavy atom. The number of amides is 1. The summed E-state index contributed by atoms with van der Waals surface area (Å²) in [7, 11) is -3.16. The molecule has 118 valence electrons. The molecule has 1 saturated heterocycles. The standard InChI is InChI=1S/C13H21N3O4S/c1-10-12(11(2)20-14-10)4-5-13(17)15-6-8-16(9-7-15)21(3,18)19/h4-9H2,1-3H3. The molecule has 0 bridgehead atoms. The first kappa shape index (κ1) is 16.0. The smallest absolute Gasteiger partial charge is 0.222 e. The van der Waals surface area contributed by atoms with Crippen LogP contribution in [0.1, 0.15) is 23.4 Å². The molecule has 0 spiro atoms. The van der Waals surface area contributed by atoms with E-state index in [1.165, 1.54) is 10.6 Å². The molecule has 1 aromatic rings. The van der Waals surface area contributed by atoms with E-state index >= 15 is 0 Å². The zero-order valence-corrected chi connectivity index (χ0v) is 13.4. The third-order valence-electron chi connectivity index (χ3n) is 3.83. The Labute approximate surface area is 124 Å². The van der Waals surface area contributed by atoms with Crippen LogP contribution in [0.5, 0.6) is 0 Å². The average molecular weight is 315 g/mol. The highest BCUT2D eigenvalue weighted by Crippen LogP contribution is 2.15. The van der Waals surface area contributed by atoms with Crippen LogP contribution in [-0.4, -0.2) is 61.1 Å². The lowest BCUT2D eigenvalue weighted by molar-refractivity contribution is -0.132. The van der Waals surface area contributed by atoms with E-state index in [4.69, 9.17) is 4.52 Å². The lowest BCUT2D eigenvalue weighted by atomic mass is 10.1. The van der Waals surface area contributed by atoms with E-state index in [1.807, 2.05) is 13.8 Å². The minimum absolute atomic E-state index is 0.0446. The molecule has 0 atom stereocenters. The molecule has 0 N–H and O–H groups in total. The molecule has 2 rings (SSSR count). The number of hydrogen-bond donors (Lipinski definition) is 0. The Kier molecular flexibility index (Phi) is 4.67. The van der Waals surface area contributed by atoms with Crippen molar-refractivity contribution in [2.45, 2.75) is 26.7 Å². The van der Waals surface area contributed by atoms with Gasteiger partial charge in [-0.3, -0.25) is 4.79 Å². The van der Waals surface area contributed by atoms with Crippen LogP contribution in [0.15, 0.2) is 4.52 Å². The van der Waals surface area contributed by atoms with Gasteiger partial charge < -0.3 is 9.42 Å². The normalized spacial score (nSPS) is 17.2. The molecule has 0 radical (unpaired) electrons. The van der Waals surface area contributed by atoms with Crippen LogP contribution in [0.2, 0.25) is 0 Å². The van der Waals surface area contributed by atoms with Crippen molar-refractivity contribution in [1.29, 1.82) is 0 Å². The molecule has 0 aliphatic carbocycles. The van der Waals surface area contributed by atoms with E-state index < -0.39 is 10.0 Å². The summed E-state index contributed by atoms with van der Waals surface area (Å²) < 4.78 is 29.3. The fourth-order valence-electron chi connectivity index (χ4n) is 2.52. The van der Waals surface area contributed by atoms with Crippen LogP contribution in [0.3, 0.4) is 0 Å². The monoisotopic (exact) mass is 315 g/mol. The van der Waals surface area contributed by atoms with Gasteiger partial charge in [-0.05, 0) is 20.3 Å². The zero-order chi connectivity index (χ0) is 15.6. The number of rotatable bonds is 4. The second kappa shape index (κ2) is 6.15. The maximum absolute atomic E-state index is 12.2. The first-order valence-electron chi connectivity index (χ1n) is 6.93. The molecule has 1 aliphatic rings. The van der Waals surface area contributed by atoms with Crippen molar-refractivity contribution in [3.63, 3.8) is 0 Å². The van der Waals surface area contributed by atoms with Crippen LogP contribution in [0.25, 0.3) is 0 Å². The zero-order valence-electron chi connectivity index (χ0n) is 12.6. The first-order chi connectivity index (χ1) is 9.79. The number of nitrogens with zero attached hydrogens (tertiary/aromatic N) is 3. The lowest BCUT2D eigenvalue weighted by Gasteiger charge is -2.33. The fraction of sp³-hybridized carbons (Fsp3) is 0.692. The van der Waals surface area contributed by atoms with E-state index in [-0.39, 0.29) is 5.91 Å². The summed E-state index contributed by atoms with van der Waals surface area (Å²) in [5, 5.41) is 3.87. The summed E-state index contributed by atoms with van der Waals surface area (Å²) in [4.78, 5) is 13.9. The highest BCUT2D eigenvalue weighted by Gasteiger charge is 2.26. The van der Waals surface area contributed by atoms with Gasteiger partial charge in [0.15, 0.2) is 0 Å². The molecular formula is C13H21N3O4S. The highest BCUT2D eigenvalue weighted by molar-refractivity contribution is 7.88. The molecule has 1 aromatic heterocycles. The largest absolute Gasteiger partial charge is 0.361 e. The van der Waals surface area contributed by atoms with Gasteiger partial charge in [0.1, 0.15) is 5.76 Å². The van der Waals surface area contributed by atoms with Crippen LogP contribution < -0.4 is 0 Å². The van der Waals surface area contributed by atoms with Crippen molar-refractivity contribution in [3.8, 4) is 0 Å². The third-order valence-corrected chi connectivity index (χ3v) is 5.13. The van der Waals surface area contributed by atoms with Gasteiger partial charge in [-0.1, -0.05) is 5.16 Å². The van der Waals surface area contributed by atoms with Crippen molar-refractivity contribution in [1.82, 2.24) is 14.4 Å². The summed E-state index contributed by atoms with van der Waals surface area (Å²) in [6.45, 7) is 5.35. The Balaban J connectivity index is 1.86. The van der Waals surface area contributed by atoms with E-state index in [0.717, 1.165) is 17.0 Å². The molecule has 1 aliphatic heterocycles. The summed E-state index contributed by atoms with van der Waals surface area (Å²) >= 11 is 0. The second-order valence-electron chi connectivity index (χ2n) is 5.35. The van der Waals surface area contributed by atoms with Gasteiger partial charge in [0.25, 0.3) is 0 Å². The number of aryl methyl sites for hydroxylation is 2. The van der Waals surface area contributed by atoms with Gasteiger partial charge in [-0.15, -0.1) is 0 Å². The predicted octanol–water partition coefficient (Wildman–Crippen LogP) is 0.328. The molecule has 0 unspecified atom stereocenters. The van der Waals surface area contributed by atoms with Gasteiger partial charge >= 0.3 is 0 Å². The van der Waals surface area contributed by atoms with Gasteiger partial charge in [-0.2, -0.15) is 4.31 Å². The number of carbonyl (C=O) groups excluding carboxylic acids is 1. The Morgan fingerprint density at radius 3 is 2.33 bits per heavy atom. The molecule has 2 heterocycles. The molecule has 0 aromatic carbocycles. The van der Waals surface area contributed by atoms with E-state index in [9.17, 15) is 13.2 Å². The number of aromatic nitrogens is 1. The number of piperazine rings is 1. The number of carbonyl (C=O) groups is 1. The van der Waals surface area contributed by atoms with Crippen LogP contribution in [-0.2, 0) is 21.2 Å².